The van der Waals surface area contributed by atoms with E-state index in [2.05, 4.69) is 31.0 Å². The molecule has 3 aliphatic carbocycles. The van der Waals surface area contributed by atoms with Gasteiger partial charge in [0.25, 0.3) is 0 Å². The lowest BCUT2D eigenvalue weighted by Gasteiger charge is -2.55. The van der Waals surface area contributed by atoms with Crippen molar-refractivity contribution < 1.29 is 0 Å². The van der Waals surface area contributed by atoms with Crippen LogP contribution in [0.5, 0.6) is 0 Å². The van der Waals surface area contributed by atoms with Crippen molar-refractivity contribution in [2.75, 3.05) is 19.6 Å². The highest BCUT2D eigenvalue weighted by atomic mass is 15.3. The fourth-order valence-corrected chi connectivity index (χ4v) is 6.96. The number of hydrogen-bond donors (Lipinski definition) is 1. The van der Waals surface area contributed by atoms with Crippen LogP contribution < -0.4 is 5.32 Å². The number of fused-ring (bicyclic) bond motifs is 2. The summed E-state index contributed by atoms with van der Waals surface area (Å²) in [4.78, 5) is 2.93. The number of hydrogen-bond acceptors (Lipinski definition) is 2. The summed E-state index contributed by atoms with van der Waals surface area (Å²) in [5.41, 5.74) is 1.59. The molecule has 120 valence electrons. The second-order valence-corrected chi connectivity index (χ2v) is 9.56. The minimum absolute atomic E-state index is 0.463. The molecule has 3 unspecified atom stereocenters. The van der Waals surface area contributed by atoms with Crippen LogP contribution in [0.2, 0.25) is 0 Å². The molecule has 2 heteroatoms. The second-order valence-electron chi connectivity index (χ2n) is 9.56. The molecule has 0 amide bonds. The van der Waals surface area contributed by atoms with Crippen molar-refractivity contribution in [3.8, 4) is 0 Å². The molecule has 4 rings (SSSR count). The van der Waals surface area contributed by atoms with E-state index in [0.29, 0.717) is 16.4 Å². The SMILES string of the molecule is CC12CCC(C1)C(C)(C)C2N1CCNC2(CCCCC2)C1. The van der Waals surface area contributed by atoms with E-state index in [0.717, 1.165) is 12.0 Å². The maximum atomic E-state index is 3.93. The molecule has 3 saturated carbocycles. The van der Waals surface area contributed by atoms with Gasteiger partial charge in [-0.2, -0.15) is 0 Å². The summed E-state index contributed by atoms with van der Waals surface area (Å²) < 4.78 is 0. The monoisotopic (exact) mass is 290 g/mol. The van der Waals surface area contributed by atoms with Gasteiger partial charge in [-0.1, -0.05) is 40.0 Å². The topological polar surface area (TPSA) is 15.3 Å². The molecule has 0 aromatic rings. The average molecular weight is 290 g/mol. The Morgan fingerprint density at radius 2 is 1.76 bits per heavy atom. The Bertz CT molecular complexity index is 400. The molecule has 0 radical (unpaired) electrons. The minimum atomic E-state index is 0.463. The zero-order valence-corrected chi connectivity index (χ0v) is 14.4. The Hall–Kier alpha value is -0.0800. The van der Waals surface area contributed by atoms with Crippen LogP contribution in [0.3, 0.4) is 0 Å². The zero-order valence-electron chi connectivity index (χ0n) is 14.4. The number of nitrogens with zero attached hydrogens (tertiary/aromatic N) is 1. The van der Waals surface area contributed by atoms with Crippen LogP contribution in [-0.2, 0) is 0 Å². The van der Waals surface area contributed by atoms with Crippen LogP contribution >= 0.6 is 0 Å². The van der Waals surface area contributed by atoms with Gasteiger partial charge in [0.05, 0.1) is 0 Å². The summed E-state index contributed by atoms with van der Waals surface area (Å²) in [6.07, 6.45) is 11.6. The molecule has 21 heavy (non-hydrogen) atoms. The van der Waals surface area contributed by atoms with Crippen molar-refractivity contribution in [2.45, 2.75) is 83.7 Å². The van der Waals surface area contributed by atoms with Gasteiger partial charge in [-0.15, -0.1) is 0 Å². The summed E-state index contributed by atoms with van der Waals surface area (Å²) in [6, 6.07) is 0.824. The van der Waals surface area contributed by atoms with Crippen LogP contribution in [0.25, 0.3) is 0 Å². The average Bonchev–Trinajstić information content (AvgIpc) is 2.91. The Kier molecular flexibility index (Phi) is 3.25. The van der Waals surface area contributed by atoms with Crippen LogP contribution in [0.4, 0.5) is 0 Å². The van der Waals surface area contributed by atoms with Gasteiger partial charge in [0.1, 0.15) is 0 Å². The molecule has 1 aliphatic heterocycles. The van der Waals surface area contributed by atoms with Crippen molar-refractivity contribution in [2.24, 2.45) is 16.7 Å². The lowest BCUT2D eigenvalue weighted by atomic mass is 9.67. The predicted octanol–water partition coefficient (Wildman–Crippen LogP) is 3.81. The van der Waals surface area contributed by atoms with Crippen LogP contribution in [0.15, 0.2) is 0 Å². The van der Waals surface area contributed by atoms with Gasteiger partial charge in [0, 0.05) is 31.2 Å². The van der Waals surface area contributed by atoms with Gasteiger partial charge in [-0.05, 0) is 48.9 Å². The van der Waals surface area contributed by atoms with Crippen molar-refractivity contribution in [3.63, 3.8) is 0 Å². The van der Waals surface area contributed by atoms with E-state index in [4.69, 9.17) is 0 Å². The third kappa shape index (κ3) is 2.12. The van der Waals surface area contributed by atoms with Crippen molar-refractivity contribution >= 4 is 0 Å². The Morgan fingerprint density at radius 1 is 1.00 bits per heavy atom. The van der Waals surface area contributed by atoms with Gasteiger partial charge in [0.15, 0.2) is 0 Å². The quantitative estimate of drug-likeness (QED) is 0.790. The smallest absolute Gasteiger partial charge is 0.0309 e. The molecule has 4 aliphatic rings. The van der Waals surface area contributed by atoms with E-state index < -0.39 is 0 Å². The maximum absolute atomic E-state index is 3.93. The van der Waals surface area contributed by atoms with Gasteiger partial charge in [-0.25, -0.2) is 0 Å². The molecule has 0 aromatic heterocycles. The molecule has 1 heterocycles. The normalized spacial score (nSPS) is 45.3. The van der Waals surface area contributed by atoms with Crippen LogP contribution in [-0.4, -0.2) is 36.1 Å². The summed E-state index contributed by atoms with van der Waals surface area (Å²) in [7, 11) is 0. The molecule has 2 nitrogen and oxygen atoms in total. The van der Waals surface area contributed by atoms with E-state index in [1.807, 2.05) is 0 Å². The lowest BCUT2D eigenvalue weighted by molar-refractivity contribution is -0.0335. The molecular formula is C19H34N2. The van der Waals surface area contributed by atoms with Crippen molar-refractivity contribution in [1.82, 2.24) is 10.2 Å². The summed E-state index contributed by atoms with van der Waals surface area (Å²) in [6.45, 7) is 11.6. The number of piperazine rings is 1. The Labute approximate surface area is 131 Å². The van der Waals surface area contributed by atoms with Crippen molar-refractivity contribution in [3.05, 3.63) is 0 Å². The summed E-state index contributed by atoms with van der Waals surface area (Å²) >= 11 is 0. The molecule has 1 spiro atoms. The van der Waals surface area contributed by atoms with Gasteiger partial charge >= 0.3 is 0 Å². The van der Waals surface area contributed by atoms with Gasteiger partial charge < -0.3 is 5.32 Å². The third-order valence-corrected chi connectivity index (χ3v) is 7.77. The second kappa shape index (κ2) is 4.71. The minimum Gasteiger partial charge on any atom is -0.309 e. The molecular weight excluding hydrogens is 256 g/mol. The molecule has 0 aromatic carbocycles. The first kappa shape index (κ1) is 14.5. The van der Waals surface area contributed by atoms with Crippen LogP contribution in [0.1, 0.15) is 72.1 Å². The maximum Gasteiger partial charge on any atom is 0.0309 e. The van der Waals surface area contributed by atoms with Crippen LogP contribution in [0, 0.1) is 16.7 Å². The molecule has 1 saturated heterocycles. The Morgan fingerprint density at radius 3 is 2.43 bits per heavy atom. The van der Waals surface area contributed by atoms with Crippen molar-refractivity contribution in [1.29, 1.82) is 0 Å². The standard InChI is InChI=1S/C19H34N2/c1-17(2)15-7-10-18(3,13-15)16(17)21-12-11-20-19(14-21)8-5-4-6-9-19/h15-16,20H,4-14H2,1-3H3. The molecule has 3 atom stereocenters. The summed E-state index contributed by atoms with van der Waals surface area (Å²) in [5, 5.41) is 3.93. The predicted molar refractivity (Wildman–Crippen MR) is 88.4 cm³/mol. The summed E-state index contributed by atoms with van der Waals surface area (Å²) in [5.74, 6) is 0.977. The van der Waals surface area contributed by atoms with E-state index >= 15 is 0 Å². The fraction of sp³-hybridized carbons (Fsp3) is 1.00. The number of nitrogens with one attached hydrogen (secondary N) is 1. The highest BCUT2D eigenvalue weighted by molar-refractivity contribution is 5.14. The first-order valence-corrected chi connectivity index (χ1v) is 9.44. The van der Waals surface area contributed by atoms with Gasteiger partial charge in [-0.3, -0.25) is 4.90 Å². The first-order valence-electron chi connectivity index (χ1n) is 9.44. The zero-order chi connectivity index (χ0) is 14.7. The highest BCUT2D eigenvalue weighted by Gasteiger charge is 2.61. The van der Waals surface area contributed by atoms with E-state index in [-0.39, 0.29) is 0 Å². The largest absolute Gasteiger partial charge is 0.309 e. The van der Waals surface area contributed by atoms with E-state index in [9.17, 15) is 0 Å². The van der Waals surface area contributed by atoms with E-state index in [1.54, 1.807) is 0 Å². The van der Waals surface area contributed by atoms with Gasteiger partial charge in [0.2, 0.25) is 0 Å². The lowest BCUT2D eigenvalue weighted by Crippen LogP contribution is -2.66. The third-order valence-electron chi connectivity index (χ3n) is 7.77. The van der Waals surface area contributed by atoms with E-state index in [1.165, 1.54) is 71.0 Å². The molecule has 2 bridgehead atoms. The number of rotatable bonds is 1. The fourth-order valence-electron chi connectivity index (χ4n) is 6.96. The highest BCUT2D eigenvalue weighted by Crippen LogP contribution is 2.64. The Balaban J connectivity index is 1.58. The molecule has 4 fully saturated rings. The molecule has 1 N–H and O–H groups in total. The first-order chi connectivity index (χ1) is 9.95.